The first kappa shape index (κ1) is 13.6. The molecule has 2 aromatic carbocycles. The number of rotatable bonds is 5. The van der Waals surface area contributed by atoms with Gasteiger partial charge in [0, 0.05) is 5.56 Å². The smallest absolute Gasteiger partial charge is 0.125 e. The van der Waals surface area contributed by atoms with E-state index in [-0.39, 0.29) is 0 Å². The van der Waals surface area contributed by atoms with E-state index in [4.69, 9.17) is 4.74 Å². The average Bonchev–Trinajstić information content (AvgIpc) is 2.46. The van der Waals surface area contributed by atoms with Crippen molar-refractivity contribution in [2.45, 2.75) is 33.0 Å². The summed E-state index contributed by atoms with van der Waals surface area (Å²) in [6, 6.07) is 15.9. The zero-order valence-electron chi connectivity index (χ0n) is 11.5. The molecule has 1 atom stereocenters. The summed E-state index contributed by atoms with van der Waals surface area (Å²) in [5.74, 6) is 0.764. The third kappa shape index (κ3) is 3.36. The van der Waals surface area contributed by atoms with Crippen LogP contribution in [0.2, 0.25) is 0 Å². The molecule has 0 aliphatic rings. The van der Waals surface area contributed by atoms with Crippen molar-refractivity contribution in [1.29, 1.82) is 0 Å². The summed E-state index contributed by atoms with van der Waals surface area (Å²) < 4.78 is 5.87. The van der Waals surface area contributed by atoms with Crippen LogP contribution in [0, 0.1) is 6.92 Å². The Bertz CT molecular complexity index is 534. The molecule has 0 aliphatic heterocycles. The standard InChI is InChI=1S/C17H20O2/c1-3-16(18)15-10-6-7-11-17(15)19-12-14-9-5-4-8-13(14)2/h4-11,16,18H,3,12H2,1-2H3. The van der Waals surface area contributed by atoms with Crippen LogP contribution >= 0.6 is 0 Å². The Morgan fingerprint density at radius 1 is 1.05 bits per heavy atom. The molecule has 0 fully saturated rings. The van der Waals surface area contributed by atoms with Crippen LogP contribution in [-0.2, 0) is 6.61 Å². The minimum atomic E-state index is -0.465. The van der Waals surface area contributed by atoms with Gasteiger partial charge < -0.3 is 9.84 Å². The summed E-state index contributed by atoms with van der Waals surface area (Å²) >= 11 is 0. The summed E-state index contributed by atoms with van der Waals surface area (Å²) in [6.07, 6.45) is 0.221. The maximum atomic E-state index is 9.98. The molecule has 100 valence electrons. The number of benzene rings is 2. The first-order chi connectivity index (χ1) is 9.22. The van der Waals surface area contributed by atoms with Gasteiger partial charge in [-0.15, -0.1) is 0 Å². The second kappa shape index (κ2) is 6.39. The van der Waals surface area contributed by atoms with Crippen LogP contribution in [0.4, 0.5) is 0 Å². The summed E-state index contributed by atoms with van der Waals surface area (Å²) in [4.78, 5) is 0. The molecule has 2 heteroatoms. The molecule has 1 unspecified atom stereocenters. The molecule has 0 amide bonds. The highest BCUT2D eigenvalue weighted by atomic mass is 16.5. The Hall–Kier alpha value is -1.80. The van der Waals surface area contributed by atoms with E-state index in [1.54, 1.807) is 0 Å². The van der Waals surface area contributed by atoms with Crippen LogP contribution in [0.5, 0.6) is 5.75 Å². The van der Waals surface area contributed by atoms with E-state index in [1.165, 1.54) is 11.1 Å². The lowest BCUT2D eigenvalue weighted by molar-refractivity contribution is 0.166. The van der Waals surface area contributed by atoms with Crippen molar-refractivity contribution in [2.24, 2.45) is 0 Å². The van der Waals surface area contributed by atoms with Crippen molar-refractivity contribution in [3.05, 3.63) is 65.2 Å². The quantitative estimate of drug-likeness (QED) is 0.875. The van der Waals surface area contributed by atoms with E-state index in [0.29, 0.717) is 13.0 Å². The van der Waals surface area contributed by atoms with Crippen molar-refractivity contribution < 1.29 is 9.84 Å². The summed E-state index contributed by atoms with van der Waals surface area (Å²) in [6.45, 7) is 4.56. The largest absolute Gasteiger partial charge is 0.489 e. The number of para-hydroxylation sites is 1. The molecule has 0 heterocycles. The Kier molecular flexibility index (Phi) is 4.58. The van der Waals surface area contributed by atoms with Crippen molar-refractivity contribution in [2.75, 3.05) is 0 Å². The lowest BCUT2D eigenvalue weighted by atomic mass is 10.1. The molecule has 19 heavy (non-hydrogen) atoms. The predicted octanol–water partition coefficient (Wildman–Crippen LogP) is 4.02. The van der Waals surface area contributed by atoms with Crippen LogP contribution in [0.25, 0.3) is 0 Å². The van der Waals surface area contributed by atoms with E-state index in [1.807, 2.05) is 43.3 Å². The molecule has 2 rings (SSSR count). The SMILES string of the molecule is CCC(O)c1ccccc1OCc1ccccc1C. The topological polar surface area (TPSA) is 29.5 Å². The third-order valence-corrected chi connectivity index (χ3v) is 3.31. The van der Waals surface area contributed by atoms with Gasteiger partial charge in [-0.1, -0.05) is 49.4 Å². The van der Waals surface area contributed by atoms with E-state index >= 15 is 0 Å². The number of hydrogen-bond donors (Lipinski definition) is 1. The van der Waals surface area contributed by atoms with Crippen LogP contribution < -0.4 is 4.74 Å². The van der Waals surface area contributed by atoms with Gasteiger partial charge in [0.2, 0.25) is 0 Å². The Labute approximate surface area is 114 Å². The Morgan fingerprint density at radius 3 is 2.47 bits per heavy atom. The van der Waals surface area contributed by atoms with Gasteiger partial charge in [-0.2, -0.15) is 0 Å². The lowest BCUT2D eigenvalue weighted by Gasteiger charge is -2.15. The molecular weight excluding hydrogens is 236 g/mol. The molecule has 2 nitrogen and oxygen atoms in total. The minimum absolute atomic E-state index is 0.465. The van der Waals surface area contributed by atoms with Gasteiger partial charge in [0.1, 0.15) is 12.4 Å². The normalized spacial score (nSPS) is 12.2. The summed E-state index contributed by atoms with van der Waals surface area (Å²) in [5.41, 5.74) is 3.25. The van der Waals surface area contributed by atoms with Gasteiger partial charge in [-0.05, 0) is 30.5 Å². The van der Waals surface area contributed by atoms with Crippen molar-refractivity contribution in [3.63, 3.8) is 0 Å². The fraction of sp³-hybridized carbons (Fsp3) is 0.294. The van der Waals surface area contributed by atoms with Gasteiger partial charge in [0.15, 0.2) is 0 Å². The van der Waals surface area contributed by atoms with E-state index in [9.17, 15) is 5.11 Å². The highest BCUT2D eigenvalue weighted by Crippen LogP contribution is 2.27. The van der Waals surface area contributed by atoms with E-state index < -0.39 is 6.10 Å². The molecule has 0 radical (unpaired) electrons. The highest BCUT2D eigenvalue weighted by molar-refractivity contribution is 5.35. The van der Waals surface area contributed by atoms with Gasteiger partial charge in [-0.3, -0.25) is 0 Å². The van der Waals surface area contributed by atoms with Crippen LogP contribution in [0.15, 0.2) is 48.5 Å². The van der Waals surface area contributed by atoms with Crippen molar-refractivity contribution in [1.82, 2.24) is 0 Å². The highest BCUT2D eigenvalue weighted by Gasteiger charge is 2.11. The second-order valence-electron chi connectivity index (χ2n) is 4.68. The number of hydrogen-bond acceptors (Lipinski definition) is 2. The molecule has 0 saturated carbocycles. The molecule has 0 saturated heterocycles. The van der Waals surface area contributed by atoms with E-state index in [0.717, 1.165) is 11.3 Å². The first-order valence-electron chi connectivity index (χ1n) is 6.66. The van der Waals surface area contributed by atoms with Crippen LogP contribution in [-0.4, -0.2) is 5.11 Å². The molecule has 0 aliphatic carbocycles. The lowest BCUT2D eigenvalue weighted by Crippen LogP contribution is -2.03. The molecule has 1 N–H and O–H groups in total. The van der Waals surface area contributed by atoms with Crippen LogP contribution in [0.3, 0.4) is 0 Å². The molecule has 0 bridgehead atoms. The monoisotopic (exact) mass is 256 g/mol. The zero-order valence-corrected chi connectivity index (χ0v) is 11.5. The fourth-order valence-electron chi connectivity index (χ4n) is 2.03. The second-order valence-corrected chi connectivity index (χ2v) is 4.68. The number of aryl methyl sites for hydroxylation is 1. The third-order valence-electron chi connectivity index (χ3n) is 3.31. The number of aliphatic hydroxyl groups is 1. The average molecular weight is 256 g/mol. The maximum absolute atomic E-state index is 9.98. The summed E-state index contributed by atoms with van der Waals surface area (Å²) in [7, 11) is 0. The Morgan fingerprint density at radius 2 is 1.74 bits per heavy atom. The minimum Gasteiger partial charge on any atom is -0.489 e. The number of aliphatic hydroxyl groups excluding tert-OH is 1. The predicted molar refractivity (Wildman–Crippen MR) is 77.2 cm³/mol. The van der Waals surface area contributed by atoms with Gasteiger partial charge in [0.05, 0.1) is 6.10 Å². The summed E-state index contributed by atoms with van der Waals surface area (Å²) in [5, 5.41) is 9.98. The van der Waals surface area contributed by atoms with Gasteiger partial charge >= 0.3 is 0 Å². The molecular formula is C17H20O2. The number of ether oxygens (including phenoxy) is 1. The van der Waals surface area contributed by atoms with Gasteiger partial charge in [0.25, 0.3) is 0 Å². The molecule has 0 spiro atoms. The fourth-order valence-corrected chi connectivity index (χ4v) is 2.03. The van der Waals surface area contributed by atoms with Crippen molar-refractivity contribution >= 4 is 0 Å². The maximum Gasteiger partial charge on any atom is 0.125 e. The van der Waals surface area contributed by atoms with Crippen molar-refractivity contribution in [3.8, 4) is 5.75 Å². The van der Waals surface area contributed by atoms with Crippen LogP contribution in [0.1, 0.15) is 36.1 Å². The van der Waals surface area contributed by atoms with Gasteiger partial charge in [-0.25, -0.2) is 0 Å². The zero-order chi connectivity index (χ0) is 13.7. The molecule has 2 aromatic rings. The first-order valence-corrected chi connectivity index (χ1v) is 6.66. The Balaban J connectivity index is 2.14. The molecule has 0 aromatic heterocycles. The van der Waals surface area contributed by atoms with E-state index in [2.05, 4.69) is 19.1 Å².